The first-order valence-electron chi connectivity index (χ1n) is 9.97. The number of ether oxygens (including phenoxy) is 3. The van der Waals surface area contributed by atoms with Gasteiger partial charge in [-0.25, -0.2) is 4.39 Å². The van der Waals surface area contributed by atoms with Crippen LogP contribution in [-0.2, 0) is 17.8 Å². The van der Waals surface area contributed by atoms with Crippen molar-refractivity contribution in [3.05, 3.63) is 52.8 Å². The highest BCUT2D eigenvalue weighted by molar-refractivity contribution is 5.72. The molecule has 0 radical (unpaired) electrons. The third kappa shape index (κ3) is 4.64. The van der Waals surface area contributed by atoms with E-state index in [9.17, 15) is 9.18 Å². The lowest BCUT2D eigenvalue weighted by Crippen LogP contribution is -2.10. The second kappa shape index (κ2) is 9.09. The molecule has 4 nitrogen and oxygen atoms in total. The Bertz CT molecular complexity index is 843. The summed E-state index contributed by atoms with van der Waals surface area (Å²) in [6, 6.07) is 8.71. The molecular weight excluding hydrogens is 359 g/mol. The lowest BCUT2D eigenvalue weighted by Gasteiger charge is -2.17. The van der Waals surface area contributed by atoms with E-state index in [-0.39, 0.29) is 24.8 Å². The number of halogens is 1. The van der Waals surface area contributed by atoms with E-state index >= 15 is 0 Å². The zero-order chi connectivity index (χ0) is 20.1. The summed E-state index contributed by atoms with van der Waals surface area (Å²) in [6.07, 6.45) is 3.12. The Hall–Kier alpha value is -2.56. The van der Waals surface area contributed by atoms with Crippen LogP contribution in [0.2, 0.25) is 0 Å². The van der Waals surface area contributed by atoms with E-state index in [0.717, 1.165) is 18.4 Å². The molecule has 2 aromatic rings. The number of rotatable bonds is 9. The topological polar surface area (TPSA) is 44.8 Å². The Morgan fingerprint density at radius 1 is 1.07 bits per heavy atom. The predicted octanol–water partition coefficient (Wildman–Crippen LogP) is 5.56. The van der Waals surface area contributed by atoms with Crippen LogP contribution < -0.4 is 14.2 Å². The molecule has 0 bridgehead atoms. The largest absolute Gasteiger partial charge is 0.493 e. The average Bonchev–Trinajstić information content (AvgIpc) is 3.53. The van der Waals surface area contributed by atoms with Crippen LogP contribution in [0.15, 0.2) is 30.3 Å². The zero-order valence-electron chi connectivity index (χ0n) is 16.7. The van der Waals surface area contributed by atoms with Crippen LogP contribution in [0, 0.1) is 5.82 Å². The van der Waals surface area contributed by atoms with Gasteiger partial charge in [0, 0.05) is 12.5 Å². The predicted molar refractivity (Wildman–Crippen MR) is 106 cm³/mol. The molecule has 3 rings (SSSR count). The standard InChI is InChI=1S/C23H27FO4/c1-4-15-12-17(16-10-11-16)22(13-19(15)24)27-14-18-20(26-6-3)8-7-9-21(18)28-23(25)5-2/h7-9,12-13,16H,4-6,10-11,14H2,1-3H3. The molecule has 0 aromatic heterocycles. The van der Waals surface area contributed by atoms with Gasteiger partial charge in [-0.3, -0.25) is 4.79 Å². The van der Waals surface area contributed by atoms with Crippen molar-refractivity contribution in [2.75, 3.05) is 6.61 Å². The van der Waals surface area contributed by atoms with Gasteiger partial charge in [-0.05, 0) is 61.4 Å². The van der Waals surface area contributed by atoms with Gasteiger partial charge in [0.05, 0.1) is 12.2 Å². The molecule has 2 aromatic carbocycles. The monoisotopic (exact) mass is 386 g/mol. The summed E-state index contributed by atoms with van der Waals surface area (Å²) in [6.45, 7) is 6.19. The van der Waals surface area contributed by atoms with Gasteiger partial charge in [0.25, 0.3) is 0 Å². The van der Waals surface area contributed by atoms with Crippen LogP contribution in [0.3, 0.4) is 0 Å². The van der Waals surface area contributed by atoms with Gasteiger partial charge in [-0.15, -0.1) is 0 Å². The summed E-state index contributed by atoms with van der Waals surface area (Å²) < 4.78 is 31.5. The SMILES string of the molecule is CCOc1cccc(OC(=O)CC)c1COc1cc(F)c(CC)cc1C1CC1. The van der Waals surface area contributed by atoms with Crippen LogP contribution in [0.25, 0.3) is 0 Å². The van der Waals surface area contributed by atoms with Gasteiger partial charge in [-0.1, -0.05) is 19.9 Å². The minimum Gasteiger partial charge on any atom is -0.493 e. The van der Waals surface area contributed by atoms with Gasteiger partial charge in [0.1, 0.15) is 29.7 Å². The molecule has 1 saturated carbocycles. The van der Waals surface area contributed by atoms with E-state index in [2.05, 4.69) is 0 Å². The zero-order valence-corrected chi connectivity index (χ0v) is 16.7. The van der Waals surface area contributed by atoms with Crippen LogP contribution in [0.5, 0.6) is 17.2 Å². The number of carbonyl (C=O) groups is 1. The number of hydrogen-bond donors (Lipinski definition) is 0. The quantitative estimate of drug-likeness (QED) is 0.418. The molecule has 1 aliphatic carbocycles. The molecule has 0 saturated heterocycles. The molecule has 0 heterocycles. The van der Waals surface area contributed by atoms with Crippen LogP contribution in [-0.4, -0.2) is 12.6 Å². The normalized spacial score (nSPS) is 13.3. The third-order valence-corrected chi connectivity index (χ3v) is 4.85. The summed E-state index contributed by atoms with van der Waals surface area (Å²) in [4.78, 5) is 11.8. The van der Waals surface area contributed by atoms with Crippen LogP contribution in [0.1, 0.15) is 62.6 Å². The van der Waals surface area contributed by atoms with E-state index in [1.165, 1.54) is 6.07 Å². The smallest absolute Gasteiger partial charge is 0.310 e. The Balaban J connectivity index is 1.89. The fourth-order valence-electron chi connectivity index (χ4n) is 3.15. The lowest BCUT2D eigenvalue weighted by atomic mass is 10.0. The van der Waals surface area contributed by atoms with Crippen molar-refractivity contribution in [1.29, 1.82) is 0 Å². The third-order valence-electron chi connectivity index (χ3n) is 4.85. The molecular formula is C23H27FO4. The fraction of sp³-hybridized carbons (Fsp3) is 0.435. The van der Waals surface area contributed by atoms with Gasteiger partial charge in [-0.2, -0.15) is 0 Å². The Labute approximate surface area is 165 Å². The Kier molecular flexibility index (Phi) is 6.55. The molecule has 0 spiro atoms. The molecule has 1 fully saturated rings. The molecule has 150 valence electrons. The molecule has 1 aliphatic rings. The van der Waals surface area contributed by atoms with E-state index in [1.54, 1.807) is 19.1 Å². The number of aryl methyl sites for hydroxylation is 1. The maximum atomic E-state index is 14.4. The van der Waals surface area contributed by atoms with E-state index in [0.29, 0.717) is 47.3 Å². The maximum Gasteiger partial charge on any atom is 0.310 e. The highest BCUT2D eigenvalue weighted by Gasteiger charge is 2.28. The first-order chi connectivity index (χ1) is 13.6. The van der Waals surface area contributed by atoms with Crippen molar-refractivity contribution in [3.8, 4) is 17.2 Å². The minimum absolute atomic E-state index is 0.132. The van der Waals surface area contributed by atoms with Gasteiger partial charge in [0.15, 0.2) is 0 Å². The second-order valence-corrected chi connectivity index (χ2v) is 6.89. The Morgan fingerprint density at radius 3 is 2.46 bits per heavy atom. The molecule has 0 amide bonds. The molecule has 0 unspecified atom stereocenters. The minimum atomic E-state index is -0.327. The highest BCUT2D eigenvalue weighted by Crippen LogP contribution is 2.45. The molecule has 0 N–H and O–H groups in total. The van der Waals surface area contributed by atoms with Crippen molar-refractivity contribution in [3.63, 3.8) is 0 Å². The summed E-state index contributed by atoms with van der Waals surface area (Å²) in [7, 11) is 0. The van der Waals surface area contributed by atoms with Gasteiger partial charge < -0.3 is 14.2 Å². The van der Waals surface area contributed by atoms with Gasteiger partial charge >= 0.3 is 5.97 Å². The van der Waals surface area contributed by atoms with Crippen molar-refractivity contribution < 1.29 is 23.4 Å². The van der Waals surface area contributed by atoms with Crippen LogP contribution >= 0.6 is 0 Å². The van der Waals surface area contributed by atoms with E-state index in [4.69, 9.17) is 14.2 Å². The van der Waals surface area contributed by atoms with Crippen molar-refractivity contribution in [2.24, 2.45) is 0 Å². The molecule has 0 aliphatic heterocycles. The van der Waals surface area contributed by atoms with Crippen LogP contribution in [0.4, 0.5) is 4.39 Å². The summed E-state index contributed by atoms with van der Waals surface area (Å²) >= 11 is 0. The molecule has 5 heteroatoms. The first-order valence-corrected chi connectivity index (χ1v) is 9.97. The van der Waals surface area contributed by atoms with Gasteiger partial charge in [0.2, 0.25) is 0 Å². The molecule has 0 atom stereocenters. The number of carbonyl (C=O) groups excluding carboxylic acids is 1. The first kappa shape index (κ1) is 20.2. The lowest BCUT2D eigenvalue weighted by molar-refractivity contribution is -0.134. The Morgan fingerprint density at radius 2 is 1.82 bits per heavy atom. The maximum absolute atomic E-state index is 14.4. The van der Waals surface area contributed by atoms with E-state index < -0.39 is 0 Å². The summed E-state index contributed by atoms with van der Waals surface area (Å²) in [5.74, 6) is 1.42. The van der Waals surface area contributed by atoms with Crippen molar-refractivity contribution >= 4 is 5.97 Å². The highest BCUT2D eigenvalue weighted by atomic mass is 19.1. The van der Waals surface area contributed by atoms with E-state index in [1.807, 2.05) is 26.0 Å². The van der Waals surface area contributed by atoms with Crippen molar-refractivity contribution in [2.45, 2.75) is 59.0 Å². The summed E-state index contributed by atoms with van der Waals surface area (Å²) in [5.41, 5.74) is 2.41. The average molecular weight is 386 g/mol. The van der Waals surface area contributed by atoms with Crippen molar-refractivity contribution in [1.82, 2.24) is 0 Å². The number of benzene rings is 2. The summed E-state index contributed by atoms with van der Waals surface area (Å²) in [5, 5.41) is 0. The number of esters is 1. The number of hydrogen-bond acceptors (Lipinski definition) is 4. The second-order valence-electron chi connectivity index (χ2n) is 6.89. The molecule has 28 heavy (non-hydrogen) atoms. The fourth-order valence-corrected chi connectivity index (χ4v) is 3.15.